The van der Waals surface area contributed by atoms with Gasteiger partial charge in [-0.05, 0) is 18.2 Å². The van der Waals surface area contributed by atoms with Gasteiger partial charge in [-0.2, -0.15) is 0 Å². The Morgan fingerprint density at radius 2 is 2.05 bits per heavy atom. The normalized spacial score (nSPS) is 15.2. The lowest BCUT2D eigenvalue weighted by atomic mass is 10.3. The molecule has 1 amide bonds. The van der Waals surface area contributed by atoms with Crippen molar-refractivity contribution in [2.45, 2.75) is 4.90 Å². The van der Waals surface area contributed by atoms with Crippen LogP contribution >= 0.6 is 47.4 Å². The van der Waals surface area contributed by atoms with Gasteiger partial charge in [0.2, 0.25) is 5.91 Å². The van der Waals surface area contributed by atoms with E-state index in [1.807, 2.05) is 0 Å². The second-order valence-electron chi connectivity index (χ2n) is 4.81. The van der Waals surface area contributed by atoms with Crippen molar-refractivity contribution < 1.29 is 4.79 Å². The summed E-state index contributed by atoms with van der Waals surface area (Å²) in [7, 11) is 0. The zero-order chi connectivity index (χ0) is 15.1. The van der Waals surface area contributed by atoms with Crippen LogP contribution in [0.1, 0.15) is 0 Å². The van der Waals surface area contributed by atoms with Gasteiger partial charge >= 0.3 is 0 Å². The molecule has 0 unspecified atom stereocenters. The molecule has 2 rings (SSSR count). The smallest absolute Gasteiger partial charge is 0.230 e. The van der Waals surface area contributed by atoms with Gasteiger partial charge in [-0.15, -0.1) is 24.2 Å². The predicted molar refractivity (Wildman–Crippen MR) is 96.8 cm³/mol. The Balaban J connectivity index is 0.00000242. The number of rotatable bonds is 6. The Kier molecular flexibility index (Phi) is 9.55. The highest BCUT2D eigenvalue weighted by Crippen LogP contribution is 2.29. The van der Waals surface area contributed by atoms with Crippen LogP contribution in [0.3, 0.4) is 0 Å². The third-order valence-electron chi connectivity index (χ3n) is 3.21. The van der Waals surface area contributed by atoms with Crippen LogP contribution in [0.4, 0.5) is 0 Å². The monoisotopic (exact) mass is 383 g/mol. The first-order valence-electron chi connectivity index (χ1n) is 6.93. The average molecular weight is 385 g/mol. The van der Waals surface area contributed by atoms with E-state index >= 15 is 0 Å². The van der Waals surface area contributed by atoms with Crippen molar-refractivity contribution in [2.24, 2.45) is 0 Å². The molecular weight excluding hydrogens is 365 g/mol. The number of nitrogens with zero attached hydrogens (tertiary/aromatic N) is 1. The fourth-order valence-electron chi connectivity index (χ4n) is 2.07. The number of hydrogen-bond donors (Lipinski definition) is 2. The van der Waals surface area contributed by atoms with Gasteiger partial charge in [0.1, 0.15) is 0 Å². The number of nitrogens with one attached hydrogen (secondary N) is 2. The Morgan fingerprint density at radius 3 is 2.77 bits per heavy atom. The van der Waals surface area contributed by atoms with Crippen molar-refractivity contribution in [3.63, 3.8) is 0 Å². The van der Waals surface area contributed by atoms with E-state index in [2.05, 4.69) is 15.5 Å². The van der Waals surface area contributed by atoms with E-state index in [1.165, 1.54) is 11.8 Å². The molecule has 1 aliphatic heterocycles. The second-order valence-corrected chi connectivity index (χ2v) is 6.67. The van der Waals surface area contributed by atoms with E-state index < -0.39 is 0 Å². The quantitative estimate of drug-likeness (QED) is 0.740. The van der Waals surface area contributed by atoms with Crippen molar-refractivity contribution >= 4 is 53.3 Å². The van der Waals surface area contributed by atoms with Crippen LogP contribution in [-0.2, 0) is 4.79 Å². The van der Waals surface area contributed by atoms with E-state index in [0.717, 1.165) is 37.6 Å². The average Bonchev–Trinajstić information content (AvgIpc) is 2.49. The van der Waals surface area contributed by atoms with Crippen LogP contribution in [0.5, 0.6) is 0 Å². The zero-order valence-electron chi connectivity index (χ0n) is 12.1. The van der Waals surface area contributed by atoms with Gasteiger partial charge in [0.25, 0.3) is 0 Å². The summed E-state index contributed by atoms with van der Waals surface area (Å²) in [5, 5.41) is 7.49. The van der Waals surface area contributed by atoms with Crippen LogP contribution in [0.25, 0.3) is 0 Å². The first kappa shape index (κ1) is 19.9. The first-order chi connectivity index (χ1) is 10.1. The molecule has 0 saturated carbocycles. The largest absolute Gasteiger partial charge is 0.354 e. The highest BCUT2D eigenvalue weighted by atomic mass is 35.5. The maximum absolute atomic E-state index is 11.8. The molecular formula is C14H20Cl3N3OS. The van der Waals surface area contributed by atoms with E-state index in [4.69, 9.17) is 23.2 Å². The molecule has 8 heteroatoms. The van der Waals surface area contributed by atoms with Gasteiger partial charge in [0.05, 0.1) is 10.8 Å². The number of amides is 1. The van der Waals surface area contributed by atoms with E-state index in [-0.39, 0.29) is 18.3 Å². The van der Waals surface area contributed by atoms with E-state index in [1.54, 1.807) is 18.2 Å². The fourth-order valence-corrected chi connectivity index (χ4v) is 3.39. The molecule has 0 spiro atoms. The summed E-state index contributed by atoms with van der Waals surface area (Å²) in [6, 6.07) is 5.26. The molecule has 1 aliphatic rings. The SMILES string of the molecule is Cl.O=C(CSc1cc(Cl)ccc1Cl)NCCN1CCNCC1. The maximum atomic E-state index is 11.8. The van der Waals surface area contributed by atoms with Gasteiger partial charge in [0.15, 0.2) is 0 Å². The van der Waals surface area contributed by atoms with E-state index in [0.29, 0.717) is 22.3 Å². The van der Waals surface area contributed by atoms with Crippen molar-refractivity contribution in [3.05, 3.63) is 28.2 Å². The summed E-state index contributed by atoms with van der Waals surface area (Å²) in [6.07, 6.45) is 0. The summed E-state index contributed by atoms with van der Waals surface area (Å²) in [6.45, 7) is 5.72. The van der Waals surface area contributed by atoms with Gasteiger partial charge in [-0.3, -0.25) is 9.69 Å². The molecule has 1 aromatic carbocycles. The first-order valence-corrected chi connectivity index (χ1v) is 8.67. The minimum Gasteiger partial charge on any atom is -0.354 e. The summed E-state index contributed by atoms with van der Waals surface area (Å²) in [4.78, 5) is 15.0. The van der Waals surface area contributed by atoms with Crippen LogP contribution in [-0.4, -0.2) is 55.8 Å². The standard InChI is InChI=1S/C14H19Cl2N3OS.ClH/c15-11-1-2-12(16)13(9-11)21-10-14(20)18-5-8-19-6-3-17-4-7-19;/h1-2,9,17H,3-8,10H2,(H,18,20);1H. The fraction of sp³-hybridized carbons (Fsp3) is 0.500. The molecule has 124 valence electrons. The third-order valence-corrected chi connectivity index (χ3v) is 4.94. The molecule has 1 aromatic rings. The summed E-state index contributed by atoms with van der Waals surface area (Å²) < 4.78 is 0. The summed E-state index contributed by atoms with van der Waals surface area (Å²) in [5.74, 6) is 0.368. The topological polar surface area (TPSA) is 44.4 Å². The molecule has 1 saturated heterocycles. The summed E-state index contributed by atoms with van der Waals surface area (Å²) in [5.41, 5.74) is 0. The van der Waals surface area contributed by atoms with Crippen molar-refractivity contribution in [1.29, 1.82) is 0 Å². The molecule has 0 bridgehead atoms. The maximum Gasteiger partial charge on any atom is 0.230 e. The van der Waals surface area contributed by atoms with Crippen LogP contribution in [0.2, 0.25) is 10.0 Å². The molecule has 2 N–H and O–H groups in total. The Hall–Kier alpha value is -0.170. The number of benzene rings is 1. The molecule has 0 aliphatic carbocycles. The minimum absolute atomic E-state index is 0. The number of carbonyl (C=O) groups is 1. The zero-order valence-corrected chi connectivity index (χ0v) is 15.3. The number of piperazine rings is 1. The Labute approximate surface area is 151 Å². The highest BCUT2D eigenvalue weighted by molar-refractivity contribution is 8.00. The lowest BCUT2D eigenvalue weighted by Gasteiger charge is -2.27. The molecule has 0 aromatic heterocycles. The number of carbonyl (C=O) groups excluding carboxylic acids is 1. The van der Waals surface area contributed by atoms with Crippen LogP contribution in [0.15, 0.2) is 23.1 Å². The molecule has 1 heterocycles. The van der Waals surface area contributed by atoms with Crippen LogP contribution in [0, 0.1) is 0 Å². The van der Waals surface area contributed by atoms with Gasteiger partial charge in [0, 0.05) is 49.2 Å². The van der Waals surface area contributed by atoms with Crippen LogP contribution < -0.4 is 10.6 Å². The molecule has 22 heavy (non-hydrogen) atoms. The number of thioether (sulfide) groups is 1. The second kappa shape index (κ2) is 10.6. The van der Waals surface area contributed by atoms with Gasteiger partial charge < -0.3 is 10.6 Å². The lowest BCUT2D eigenvalue weighted by molar-refractivity contribution is -0.118. The van der Waals surface area contributed by atoms with Crippen molar-refractivity contribution in [3.8, 4) is 0 Å². The van der Waals surface area contributed by atoms with Crippen molar-refractivity contribution in [1.82, 2.24) is 15.5 Å². The van der Waals surface area contributed by atoms with Gasteiger partial charge in [-0.1, -0.05) is 23.2 Å². The molecule has 0 radical (unpaired) electrons. The lowest BCUT2D eigenvalue weighted by Crippen LogP contribution is -2.46. The third kappa shape index (κ3) is 6.94. The minimum atomic E-state index is 0. The van der Waals surface area contributed by atoms with E-state index in [9.17, 15) is 4.79 Å². The predicted octanol–water partition coefficient (Wildman–Crippen LogP) is 2.53. The highest BCUT2D eigenvalue weighted by Gasteiger charge is 2.10. The molecule has 4 nitrogen and oxygen atoms in total. The Bertz CT molecular complexity index is 484. The Morgan fingerprint density at radius 1 is 1.32 bits per heavy atom. The van der Waals surface area contributed by atoms with Crippen molar-refractivity contribution in [2.75, 3.05) is 45.0 Å². The molecule has 0 atom stereocenters. The number of hydrogen-bond acceptors (Lipinski definition) is 4. The number of halogens is 3. The van der Waals surface area contributed by atoms with Gasteiger partial charge in [-0.25, -0.2) is 0 Å². The molecule has 1 fully saturated rings. The summed E-state index contributed by atoms with van der Waals surface area (Å²) >= 11 is 13.4.